The molecule has 0 aliphatic carbocycles. The summed E-state index contributed by atoms with van der Waals surface area (Å²) < 4.78 is 13.4. The van der Waals surface area contributed by atoms with Gasteiger partial charge in [0.25, 0.3) is 0 Å². The zero-order valence-corrected chi connectivity index (χ0v) is 17.6. The third-order valence-electron chi connectivity index (χ3n) is 5.35. The van der Waals surface area contributed by atoms with Crippen LogP contribution in [-0.4, -0.2) is 65.5 Å². The fraction of sp³-hybridized carbons (Fsp3) is 0.304. The van der Waals surface area contributed by atoms with Crippen LogP contribution in [-0.2, 0) is 11.8 Å². The Morgan fingerprint density at radius 3 is 2.61 bits per heavy atom. The molecule has 8 nitrogen and oxygen atoms in total. The SMILES string of the molecule is Cn1nccc1-c1cc(-c2ccccc2C(N)=O)ccc1OCCN1CCOCC1.O. The van der Waals surface area contributed by atoms with E-state index in [0.717, 1.165) is 61.0 Å². The summed E-state index contributed by atoms with van der Waals surface area (Å²) in [5, 5.41) is 4.30. The van der Waals surface area contributed by atoms with Crippen molar-refractivity contribution in [3.8, 4) is 28.1 Å². The van der Waals surface area contributed by atoms with Gasteiger partial charge in [-0.3, -0.25) is 14.4 Å². The molecule has 8 heteroatoms. The van der Waals surface area contributed by atoms with E-state index in [1.807, 2.05) is 54.2 Å². The second kappa shape index (κ2) is 10.2. The minimum atomic E-state index is -0.446. The highest BCUT2D eigenvalue weighted by Crippen LogP contribution is 2.35. The van der Waals surface area contributed by atoms with Crippen molar-refractivity contribution >= 4 is 5.91 Å². The molecule has 0 saturated carbocycles. The predicted molar refractivity (Wildman–Crippen MR) is 119 cm³/mol. The van der Waals surface area contributed by atoms with Crippen molar-refractivity contribution in [1.82, 2.24) is 14.7 Å². The van der Waals surface area contributed by atoms with Crippen LogP contribution < -0.4 is 10.5 Å². The summed E-state index contributed by atoms with van der Waals surface area (Å²) in [5.74, 6) is 0.339. The lowest BCUT2D eigenvalue weighted by Gasteiger charge is -2.26. The average molecular weight is 425 g/mol. The predicted octanol–water partition coefficient (Wildman–Crippen LogP) is 1.74. The van der Waals surface area contributed by atoms with E-state index in [2.05, 4.69) is 10.00 Å². The van der Waals surface area contributed by atoms with Crippen molar-refractivity contribution < 1.29 is 19.7 Å². The van der Waals surface area contributed by atoms with Gasteiger partial charge in [0.2, 0.25) is 5.91 Å². The molecule has 4 rings (SSSR count). The van der Waals surface area contributed by atoms with Crippen LogP contribution in [0.25, 0.3) is 22.4 Å². The maximum Gasteiger partial charge on any atom is 0.249 e. The molecule has 1 aliphatic heterocycles. The number of amides is 1. The second-order valence-corrected chi connectivity index (χ2v) is 7.26. The van der Waals surface area contributed by atoms with Crippen molar-refractivity contribution in [2.75, 3.05) is 39.5 Å². The molecule has 3 aromatic rings. The summed E-state index contributed by atoms with van der Waals surface area (Å²) in [6.07, 6.45) is 1.76. The number of aromatic nitrogens is 2. The third kappa shape index (κ3) is 5.11. The summed E-state index contributed by atoms with van der Waals surface area (Å²) in [5.41, 5.74) is 9.65. The number of ether oxygens (including phenoxy) is 2. The van der Waals surface area contributed by atoms with Gasteiger partial charge in [0, 0.05) is 44.0 Å². The first kappa shape index (κ1) is 22.5. The van der Waals surface area contributed by atoms with E-state index in [0.29, 0.717) is 12.2 Å². The molecule has 1 aliphatic rings. The first-order chi connectivity index (χ1) is 14.6. The van der Waals surface area contributed by atoms with Crippen LogP contribution in [0, 0.1) is 0 Å². The fourth-order valence-corrected chi connectivity index (χ4v) is 3.72. The quantitative estimate of drug-likeness (QED) is 0.620. The molecular formula is C23H28N4O4. The Hall–Kier alpha value is -3.20. The molecular weight excluding hydrogens is 396 g/mol. The highest BCUT2D eigenvalue weighted by molar-refractivity contribution is 6.00. The molecule has 0 bridgehead atoms. The Morgan fingerprint density at radius 2 is 1.90 bits per heavy atom. The van der Waals surface area contributed by atoms with Gasteiger partial charge in [0.05, 0.1) is 18.9 Å². The van der Waals surface area contributed by atoms with Crippen molar-refractivity contribution in [3.05, 3.63) is 60.3 Å². The Balaban J connectivity index is 0.00000272. The fourth-order valence-electron chi connectivity index (χ4n) is 3.72. The average Bonchev–Trinajstić information content (AvgIpc) is 3.20. The lowest BCUT2D eigenvalue weighted by Crippen LogP contribution is -2.38. The zero-order valence-electron chi connectivity index (χ0n) is 17.6. The molecule has 1 amide bonds. The largest absolute Gasteiger partial charge is 0.492 e. The molecule has 164 valence electrons. The minimum absolute atomic E-state index is 0. The standard InChI is InChI=1S/C23H26N4O3.H2O/c1-26-21(8-9-25-26)20-16-17(18-4-2-3-5-19(18)23(24)28)6-7-22(20)30-15-12-27-10-13-29-14-11-27;/h2-9,16H,10-15H2,1H3,(H2,24,28);1H2. The van der Waals surface area contributed by atoms with Gasteiger partial charge in [0.15, 0.2) is 0 Å². The van der Waals surface area contributed by atoms with Crippen LogP contribution in [0.3, 0.4) is 0 Å². The molecule has 1 fully saturated rings. The number of nitrogens with two attached hydrogens (primary N) is 1. The zero-order chi connectivity index (χ0) is 20.9. The minimum Gasteiger partial charge on any atom is -0.492 e. The molecule has 0 radical (unpaired) electrons. The van der Waals surface area contributed by atoms with Crippen molar-refractivity contribution in [2.45, 2.75) is 0 Å². The summed E-state index contributed by atoms with van der Waals surface area (Å²) in [6.45, 7) is 4.84. The van der Waals surface area contributed by atoms with Gasteiger partial charge < -0.3 is 20.7 Å². The molecule has 1 aromatic heterocycles. The Kier molecular flexibility index (Phi) is 7.41. The van der Waals surface area contributed by atoms with Gasteiger partial charge in [-0.15, -0.1) is 0 Å². The molecule has 31 heavy (non-hydrogen) atoms. The van der Waals surface area contributed by atoms with Gasteiger partial charge in [-0.05, 0) is 35.4 Å². The van der Waals surface area contributed by atoms with E-state index >= 15 is 0 Å². The lowest BCUT2D eigenvalue weighted by atomic mass is 9.96. The monoisotopic (exact) mass is 424 g/mol. The number of benzene rings is 2. The molecule has 2 heterocycles. The molecule has 2 aromatic carbocycles. The molecule has 0 atom stereocenters. The van der Waals surface area contributed by atoms with E-state index < -0.39 is 5.91 Å². The number of nitrogens with zero attached hydrogens (tertiary/aromatic N) is 3. The van der Waals surface area contributed by atoms with Crippen molar-refractivity contribution in [3.63, 3.8) is 0 Å². The van der Waals surface area contributed by atoms with Crippen LogP contribution in [0.5, 0.6) is 5.75 Å². The third-order valence-corrected chi connectivity index (χ3v) is 5.35. The molecule has 1 saturated heterocycles. The smallest absolute Gasteiger partial charge is 0.249 e. The van der Waals surface area contributed by atoms with E-state index in [9.17, 15) is 4.79 Å². The Bertz CT molecular complexity index is 1030. The highest BCUT2D eigenvalue weighted by Gasteiger charge is 2.16. The van der Waals surface area contributed by atoms with Gasteiger partial charge >= 0.3 is 0 Å². The summed E-state index contributed by atoms with van der Waals surface area (Å²) in [7, 11) is 1.90. The maximum absolute atomic E-state index is 11.9. The van der Waals surface area contributed by atoms with E-state index in [1.165, 1.54) is 0 Å². The van der Waals surface area contributed by atoms with Crippen LogP contribution in [0.1, 0.15) is 10.4 Å². The molecule has 0 spiro atoms. The number of morpholine rings is 1. The normalized spacial score (nSPS) is 14.1. The van der Waals surface area contributed by atoms with Crippen LogP contribution in [0.2, 0.25) is 0 Å². The summed E-state index contributed by atoms with van der Waals surface area (Å²) >= 11 is 0. The number of aryl methyl sites for hydroxylation is 1. The van der Waals surface area contributed by atoms with Gasteiger partial charge in [-0.2, -0.15) is 5.10 Å². The number of hydrogen-bond donors (Lipinski definition) is 1. The van der Waals surface area contributed by atoms with Crippen molar-refractivity contribution in [1.29, 1.82) is 0 Å². The Morgan fingerprint density at radius 1 is 1.13 bits per heavy atom. The first-order valence-corrected chi connectivity index (χ1v) is 10.1. The van der Waals surface area contributed by atoms with Crippen molar-refractivity contribution in [2.24, 2.45) is 12.8 Å². The Labute approximate surface area is 181 Å². The molecule has 4 N–H and O–H groups in total. The lowest BCUT2D eigenvalue weighted by molar-refractivity contribution is 0.0323. The van der Waals surface area contributed by atoms with Crippen LogP contribution >= 0.6 is 0 Å². The first-order valence-electron chi connectivity index (χ1n) is 10.1. The van der Waals surface area contributed by atoms with Crippen LogP contribution in [0.15, 0.2) is 54.7 Å². The number of hydrogen-bond acceptors (Lipinski definition) is 5. The number of rotatable bonds is 7. The number of primary amides is 1. The molecule has 0 unspecified atom stereocenters. The number of carbonyl (C=O) groups is 1. The van der Waals surface area contributed by atoms with Gasteiger partial charge in [-0.1, -0.05) is 24.3 Å². The highest BCUT2D eigenvalue weighted by atomic mass is 16.5. The van der Waals surface area contributed by atoms with E-state index in [-0.39, 0.29) is 5.48 Å². The van der Waals surface area contributed by atoms with Crippen LogP contribution in [0.4, 0.5) is 0 Å². The second-order valence-electron chi connectivity index (χ2n) is 7.26. The maximum atomic E-state index is 11.9. The van der Waals surface area contributed by atoms with Gasteiger partial charge in [0.1, 0.15) is 12.4 Å². The summed E-state index contributed by atoms with van der Waals surface area (Å²) in [6, 6.07) is 15.3. The van der Waals surface area contributed by atoms with E-state index in [1.54, 1.807) is 12.3 Å². The number of carbonyl (C=O) groups excluding carboxylic acids is 1. The summed E-state index contributed by atoms with van der Waals surface area (Å²) in [4.78, 5) is 14.2. The van der Waals surface area contributed by atoms with Gasteiger partial charge in [-0.25, -0.2) is 0 Å². The topological polar surface area (TPSA) is 114 Å². The van der Waals surface area contributed by atoms with E-state index in [4.69, 9.17) is 15.2 Å².